The van der Waals surface area contributed by atoms with Crippen LogP contribution < -0.4 is 10.9 Å². The van der Waals surface area contributed by atoms with Crippen molar-refractivity contribution < 1.29 is 0 Å². The van der Waals surface area contributed by atoms with Crippen molar-refractivity contribution >= 4 is 5.69 Å². The minimum atomic E-state index is -0.00638. The summed E-state index contributed by atoms with van der Waals surface area (Å²) >= 11 is 0. The standard InChI is InChI=1S/C13H15N3O/c1-10-5-6-14-7-11(10)8-15-12-3-4-13(17)16(2)9-12/h3-7,9,15H,8H2,1-2H3. The maximum absolute atomic E-state index is 11.2. The summed E-state index contributed by atoms with van der Waals surface area (Å²) < 4.78 is 1.55. The van der Waals surface area contributed by atoms with Gasteiger partial charge in [0.1, 0.15) is 0 Å². The number of anilines is 1. The van der Waals surface area contributed by atoms with Crippen LogP contribution >= 0.6 is 0 Å². The molecule has 2 heterocycles. The van der Waals surface area contributed by atoms with E-state index in [1.807, 2.05) is 12.3 Å². The van der Waals surface area contributed by atoms with Gasteiger partial charge in [-0.2, -0.15) is 0 Å². The van der Waals surface area contributed by atoms with Gasteiger partial charge in [-0.05, 0) is 30.2 Å². The molecule has 0 unspecified atom stereocenters. The quantitative estimate of drug-likeness (QED) is 0.871. The topological polar surface area (TPSA) is 46.9 Å². The first-order valence-electron chi connectivity index (χ1n) is 5.47. The molecule has 17 heavy (non-hydrogen) atoms. The van der Waals surface area contributed by atoms with E-state index in [0.29, 0.717) is 6.54 Å². The third-order valence-electron chi connectivity index (χ3n) is 2.72. The number of nitrogens with zero attached hydrogens (tertiary/aromatic N) is 2. The largest absolute Gasteiger partial charge is 0.380 e. The van der Waals surface area contributed by atoms with E-state index in [1.165, 1.54) is 5.56 Å². The fourth-order valence-corrected chi connectivity index (χ4v) is 1.58. The fourth-order valence-electron chi connectivity index (χ4n) is 1.58. The number of nitrogens with one attached hydrogen (secondary N) is 1. The monoisotopic (exact) mass is 229 g/mol. The lowest BCUT2D eigenvalue weighted by Gasteiger charge is -2.09. The Kier molecular flexibility index (Phi) is 3.23. The highest BCUT2D eigenvalue weighted by molar-refractivity contribution is 5.41. The minimum Gasteiger partial charge on any atom is -0.380 e. The molecule has 2 aromatic rings. The summed E-state index contributed by atoms with van der Waals surface area (Å²) in [6.45, 7) is 2.76. The zero-order valence-electron chi connectivity index (χ0n) is 9.97. The molecule has 0 bridgehead atoms. The Morgan fingerprint density at radius 2 is 2.18 bits per heavy atom. The van der Waals surface area contributed by atoms with Crippen LogP contribution in [0.2, 0.25) is 0 Å². The summed E-state index contributed by atoms with van der Waals surface area (Å²) in [4.78, 5) is 15.3. The molecule has 4 nitrogen and oxygen atoms in total. The first-order chi connectivity index (χ1) is 8.16. The van der Waals surface area contributed by atoms with Crippen LogP contribution in [0.3, 0.4) is 0 Å². The van der Waals surface area contributed by atoms with Crippen LogP contribution in [-0.2, 0) is 13.6 Å². The predicted molar refractivity (Wildman–Crippen MR) is 68.0 cm³/mol. The fraction of sp³-hybridized carbons (Fsp3) is 0.231. The number of aryl methyl sites for hydroxylation is 2. The van der Waals surface area contributed by atoms with E-state index in [2.05, 4.69) is 17.2 Å². The van der Waals surface area contributed by atoms with Crippen molar-refractivity contribution in [3.05, 3.63) is 58.3 Å². The van der Waals surface area contributed by atoms with Crippen molar-refractivity contribution in [2.24, 2.45) is 7.05 Å². The van der Waals surface area contributed by atoms with Gasteiger partial charge in [0, 0.05) is 38.2 Å². The van der Waals surface area contributed by atoms with E-state index < -0.39 is 0 Å². The van der Waals surface area contributed by atoms with Gasteiger partial charge < -0.3 is 9.88 Å². The number of rotatable bonds is 3. The second kappa shape index (κ2) is 4.82. The predicted octanol–water partition coefficient (Wildman–Crippen LogP) is 1.70. The molecule has 4 heteroatoms. The Balaban J connectivity index is 2.10. The van der Waals surface area contributed by atoms with Gasteiger partial charge in [-0.15, -0.1) is 0 Å². The smallest absolute Gasteiger partial charge is 0.250 e. The highest BCUT2D eigenvalue weighted by atomic mass is 16.1. The molecule has 0 aliphatic rings. The average Bonchev–Trinajstić information content (AvgIpc) is 2.32. The van der Waals surface area contributed by atoms with Gasteiger partial charge in [-0.3, -0.25) is 9.78 Å². The number of hydrogen-bond acceptors (Lipinski definition) is 3. The summed E-state index contributed by atoms with van der Waals surface area (Å²) in [6.07, 6.45) is 5.42. The Labute approximate surface area is 99.9 Å². The average molecular weight is 229 g/mol. The molecule has 2 aromatic heterocycles. The van der Waals surface area contributed by atoms with Crippen LogP contribution in [-0.4, -0.2) is 9.55 Å². The molecule has 0 aromatic carbocycles. The van der Waals surface area contributed by atoms with E-state index >= 15 is 0 Å². The highest BCUT2D eigenvalue weighted by Gasteiger charge is 1.98. The van der Waals surface area contributed by atoms with Crippen LogP contribution in [0.4, 0.5) is 5.69 Å². The lowest BCUT2D eigenvalue weighted by Crippen LogP contribution is -2.15. The minimum absolute atomic E-state index is 0.00638. The molecule has 0 atom stereocenters. The van der Waals surface area contributed by atoms with Crippen LogP contribution in [0.5, 0.6) is 0 Å². The first-order valence-corrected chi connectivity index (χ1v) is 5.47. The van der Waals surface area contributed by atoms with Crippen molar-refractivity contribution in [3.8, 4) is 0 Å². The van der Waals surface area contributed by atoms with Crippen molar-refractivity contribution in [1.29, 1.82) is 0 Å². The second-order valence-corrected chi connectivity index (χ2v) is 4.02. The van der Waals surface area contributed by atoms with Crippen molar-refractivity contribution in [2.45, 2.75) is 13.5 Å². The molecule has 2 rings (SSSR count). The van der Waals surface area contributed by atoms with Crippen LogP contribution in [0.1, 0.15) is 11.1 Å². The zero-order chi connectivity index (χ0) is 12.3. The lowest BCUT2D eigenvalue weighted by molar-refractivity contribution is 0.859. The molecule has 0 saturated heterocycles. The molecule has 88 valence electrons. The van der Waals surface area contributed by atoms with E-state index in [4.69, 9.17) is 0 Å². The Bertz CT molecular complexity index is 575. The van der Waals surface area contributed by atoms with Crippen LogP contribution in [0.25, 0.3) is 0 Å². The summed E-state index contributed by atoms with van der Waals surface area (Å²) in [7, 11) is 1.74. The maximum atomic E-state index is 11.2. The summed E-state index contributed by atoms with van der Waals surface area (Å²) in [5.41, 5.74) is 3.28. The van der Waals surface area contributed by atoms with Gasteiger partial charge in [0.2, 0.25) is 5.56 Å². The van der Waals surface area contributed by atoms with Crippen LogP contribution in [0.15, 0.2) is 41.6 Å². The molecule has 0 aliphatic carbocycles. The Hall–Kier alpha value is -2.10. The molecule has 1 N–H and O–H groups in total. The SMILES string of the molecule is Cc1ccncc1CNc1ccc(=O)n(C)c1. The molecule has 0 fully saturated rings. The third-order valence-corrected chi connectivity index (χ3v) is 2.72. The molecule has 0 saturated carbocycles. The second-order valence-electron chi connectivity index (χ2n) is 4.02. The molecule has 0 spiro atoms. The van der Waals surface area contributed by atoms with Crippen molar-refractivity contribution in [2.75, 3.05) is 5.32 Å². The summed E-state index contributed by atoms with van der Waals surface area (Å²) in [5, 5.41) is 3.27. The van der Waals surface area contributed by atoms with Gasteiger partial charge >= 0.3 is 0 Å². The lowest BCUT2D eigenvalue weighted by atomic mass is 10.1. The van der Waals surface area contributed by atoms with Gasteiger partial charge in [0.15, 0.2) is 0 Å². The van der Waals surface area contributed by atoms with Gasteiger partial charge in [-0.1, -0.05) is 0 Å². The van der Waals surface area contributed by atoms with E-state index in [0.717, 1.165) is 11.3 Å². The first kappa shape index (κ1) is 11.4. The highest BCUT2D eigenvalue weighted by Crippen LogP contribution is 2.09. The Morgan fingerprint density at radius 1 is 1.35 bits per heavy atom. The van der Waals surface area contributed by atoms with Gasteiger partial charge in [0.05, 0.1) is 5.69 Å². The molecule has 0 amide bonds. The van der Waals surface area contributed by atoms with Crippen molar-refractivity contribution in [1.82, 2.24) is 9.55 Å². The summed E-state index contributed by atoms with van der Waals surface area (Å²) in [6, 6.07) is 5.32. The Morgan fingerprint density at radius 3 is 2.88 bits per heavy atom. The molecule has 0 aliphatic heterocycles. The third kappa shape index (κ3) is 2.72. The van der Waals surface area contributed by atoms with Gasteiger partial charge in [0.25, 0.3) is 0 Å². The summed E-state index contributed by atoms with van der Waals surface area (Å²) in [5.74, 6) is 0. The molecular weight excluding hydrogens is 214 g/mol. The normalized spacial score (nSPS) is 10.2. The maximum Gasteiger partial charge on any atom is 0.250 e. The van der Waals surface area contributed by atoms with E-state index in [-0.39, 0.29) is 5.56 Å². The molecule has 0 radical (unpaired) electrons. The zero-order valence-corrected chi connectivity index (χ0v) is 9.97. The van der Waals surface area contributed by atoms with Gasteiger partial charge in [-0.25, -0.2) is 0 Å². The van der Waals surface area contributed by atoms with Crippen molar-refractivity contribution in [3.63, 3.8) is 0 Å². The number of pyridine rings is 2. The molecular formula is C13H15N3O. The van der Waals surface area contributed by atoms with E-state index in [9.17, 15) is 4.79 Å². The number of aromatic nitrogens is 2. The van der Waals surface area contributed by atoms with Crippen LogP contribution in [0, 0.1) is 6.92 Å². The number of hydrogen-bond donors (Lipinski definition) is 1. The van der Waals surface area contributed by atoms with E-state index in [1.54, 1.807) is 36.1 Å².